The van der Waals surface area contributed by atoms with Crippen LogP contribution in [0.1, 0.15) is 46.0 Å². The smallest absolute Gasteiger partial charge is 0.248 e. The molecular formula is C19H27ClN2O4S. The fourth-order valence-electron chi connectivity index (χ4n) is 3.56. The lowest BCUT2D eigenvalue weighted by Gasteiger charge is -2.40. The standard InChI is InChI=1S/C19H27ClN2O4S/c1-3-22(4-2)18(24)19(12-6-5-7-13-19)21-17(23)14-27(25,26)16-10-8-15(20)9-11-16/h8-11H,3-7,12-14H2,1-2H3,(H,21,23). The molecule has 1 N–H and O–H groups in total. The Morgan fingerprint density at radius 1 is 1.07 bits per heavy atom. The zero-order valence-electron chi connectivity index (χ0n) is 15.8. The van der Waals surface area contributed by atoms with E-state index in [2.05, 4.69) is 5.32 Å². The second-order valence-electron chi connectivity index (χ2n) is 6.88. The van der Waals surface area contributed by atoms with E-state index < -0.39 is 27.0 Å². The van der Waals surface area contributed by atoms with Gasteiger partial charge in [0.2, 0.25) is 11.8 Å². The highest BCUT2D eigenvalue weighted by Crippen LogP contribution is 2.30. The van der Waals surface area contributed by atoms with Gasteiger partial charge in [-0.15, -0.1) is 0 Å². The normalized spacial score (nSPS) is 16.6. The number of nitrogens with one attached hydrogen (secondary N) is 1. The van der Waals surface area contributed by atoms with Gasteiger partial charge in [0.1, 0.15) is 11.3 Å². The van der Waals surface area contributed by atoms with Gasteiger partial charge in [-0.2, -0.15) is 0 Å². The maximum Gasteiger partial charge on any atom is 0.248 e. The molecule has 0 heterocycles. The Balaban J connectivity index is 2.18. The van der Waals surface area contributed by atoms with Crippen LogP contribution in [-0.4, -0.2) is 49.5 Å². The largest absolute Gasteiger partial charge is 0.341 e. The van der Waals surface area contributed by atoms with Crippen LogP contribution in [0.15, 0.2) is 29.2 Å². The molecule has 1 aromatic rings. The van der Waals surface area contributed by atoms with Crippen LogP contribution >= 0.6 is 11.6 Å². The van der Waals surface area contributed by atoms with Crippen molar-refractivity contribution in [3.05, 3.63) is 29.3 Å². The Labute approximate surface area is 166 Å². The SMILES string of the molecule is CCN(CC)C(=O)C1(NC(=O)CS(=O)(=O)c2ccc(Cl)cc2)CCCCC1. The Kier molecular flexibility index (Phi) is 7.28. The quantitative estimate of drug-likeness (QED) is 0.743. The van der Waals surface area contributed by atoms with E-state index in [9.17, 15) is 18.0 Å². The molecule has 2 rings (SSSR count). The minimum atomic E-state index is -3.81. The molecule has 0 aromatic heterocycles. The molecule has 150 valence electrons. The van der Waals surface area contributed by atoms with E-state index in [1.165, 1.54) is 24.3 Å². The third-order valence-electron chi connectivity index (χ3n) is 5.04. The van der Waals surface area contributed by atoms with Crippen molar-refractivity contribution in [1.29, 1.82) is 0 Å². The number of benzene rings is 1. The minimum Gasteiger partial charge on any atom is -0.341 e. The molecule has 1 saturated carbocycles. The van der Waals surface area contributed by atoms with Crippen LogP contribution in [0.3, 0.4) is 0 Å². The van der Waals surface area contributed by atoms with Gasteiger partial charge < -0.3 is 10.2 Å². The van der Waals surface area contributed by atoms with Gasteiger partial charge in [-0.1, -0.05) is 30.9 Å². The first kappa shape index (κ1) is 21.7. The zero-order chi connectivity index (χ0) is 20.1. The van der Waals surface area contributed by atoms with Gasteiger partial charge in [-0.05, 0) is 51.0 Å². The summed E-state index contributed by atoms with van der Waals surface area (Å²) in [5.74, 6) is -1.46. The predicted molar refractivity (Wildman–Crippen MR) is 105 cm³/mol. The van der Waals surface area contributed by atoms with Crippen molar-refractivity contribution in [1.82, 2.24) is 10.2 Å². The number of nitrogens with zero attached hydrogens (tertiary/aromatic N) is 1. The number of carbonyl (C=O) groups excluding carboxylic acids is 2. The zero-order valence-corrected chi connectivity index (χ0v) is 17.4. The highest BCUT2D eigenvalue weighted by molar-refractivity contribution is 7.92. The molecule has 0 aliphatic heterocycles. The average Bonchev–Trinajstić information content (AvgIpc) is 2.63. The minimum absolute atomic E-state index is 0.0369. The number of hydrogen-bond acceptors (Lipinski definition) is 4. The Morgan fingerprint density at radius 2 is 1.63 bits per heavy atom. The Bertz CT molecular complexity index is 767. The number of rotatable bonds is 7. The van der Waals surface area contributed by atoms with Gasteiger partial charge in [-0.25, -0.2) is 8.42 Å². The molecule has 2 amide bonds. The third-order valence-corrected chi connectivity index (χ3v) is 6.92. The van der Waals surface area contributed by atoms with Crippen molar-refractivity contribution in [3.8, 4) is 0 Å². The van der Waals surface area contributed by atoms with Gasteiger partial charge in [0.15, 0.2) is 9.84 Å². The first-order chi connectivity index (χ1) is 12.7. The van der Waals surface area contributed by atoms with Crippen molar-refractivity contribution < 1.29 is 18.0 Å². The monoisotopic (exact) mass is 414 g/mol. The molecule has 0 radical (unpaired) electrons. The van der Waals surface area contributed by atoms with Gasteiger partial charge in [0.25, 0.3) is 0 Å². The van der Waals surface area contributed by atoms with Gasteiger partial charge in [0, 0.05) is 18.1 Å². The third kappa shape index (κ3) is 5.23. The number of carbonyl (C=O) groups is 2. The van der Waals surface area contributed by atoms with Gasteiger partial charge in [0.05, 0.1) is 4.90 Å². The van der Waals surface area contributed by atoms with E-state index in [1.807, 2.05) is 13.8 Å². The second-order valence-corrected chi connectivity index (χ2v) is 9.31. The molecule has 1 aliphatic rings. The number of sulfone groups is 1. The molecule has 27 heavy (non-hydrogen) atoms. The van der Waals surface area contributed by atoms with Crippen LogP contribution in [-0.2, 0) is 19.4 Å². The predicted octanol–water partition coefficient (Wildman–Crippen LogP) is 2.80. The van der Waals surface area contributed by atoms with E-state index in [0.717, 1.165) is 19.3 Å². The lowest BCUT2D eigenvalue weighted by atomic mass is 9.80. The number of halogens is 1. The highest BCUT2D eigenvalue weighted by Gasteiger charge is 2.43. The van der Waals surface area contributed by atoms with Crippen LogP contribution < -0.4 is 5.32 Å². The molecule has 0 atom stereocenters. The number of hydrogen-bond donors (Lipinski definition) is 1. The topological polar surface area (TPSA) is 83.6 Å². The molecule has 6 nitrogen and oxygen atoms in total. The number of likely N-dealkylation sites (N-methyl/N-ethyl adjacent to an activating group) is 1. The van der Waals surface area contributed by atoms with E-state index in [-0.39, 0.29) is 10.8 Å². The summed E-state index contributed by atoms with van der Waals surface area (Å²) >= 11 is 5.79. The van der Waals surface area contributed by atoms with E-state index in [4.69, 9.17) is 11.6 Å². The van der Waals surface area contributed by atoms with Crippen molar-refractivity contribution >= 4 is 33.3 Å². The fraction of sp³-hybridized carbons (Fsp3) is 0.579. The summed E-state index contributed by atoms with van der Waals surface area (Å²) in [4.78, 5) is 27.4. The second kappa shape index (κ2) is 9.06. The Morgan fingerprint density at radius 3 is 2.15 bits per heavy atom. The van der Waals surface area contributed by atoms with E-state index >= 15 is 0 Å². The maximum absolute atomic E-state index is 13.0. The van der Waals surface area contributed by atoms with E-state index in [1.54, 1.807) is 4.90 Å². The molecule has 8 heteroatoms. The van der Waals surface area contributed by atoms with Crippen molar-refractivity contribution in [2.45, 2.75) is 56.4 Å². The van der Waals surface area contributed by atoms with Crippen LogP contribution in [0, 0.1) is 0 Å². The Hall–Kier alpha value is -1.60. The summed E-state index contributed by atoms with van der Waals surface area (Å²) in [6.45, 7) is 4.89. The molecule has 0 saturated heterocycles. The summed E-state index contributed by atoms with van der Waals surface area (Å²) in [6.07, 6.45) is 3.74. The fourth-order valence-corrected chi connectivity index (χ4v) is 4.82. The lowest BCUT2D eigenvalue weighted by molar-refractivity contribution is -0.142. The molecular weight excluding hydrogens is 388 g/mol. The van der Waals surface area contributed by atoms with E-state index in [0.29, 0.717) is 31.0 Å². The summed E-state index contributed by atoms with van der Waals surface area (Å²) in [6, 6.07) is 5.70. The molecule has 0 spiro atoms. The first-order valence-corrected chi connectivity index (χ1v) is 11.4. The summed E-state index contributed by atoms with van der Waals surface area (Å²) in [7, 11) is -3.81. The molecule has 1 aliphatic carbocycles. The van der Waals surface area contributed by atoms with Gasteiger partial charge >= 0.3 is 0 Å². The first-order valence-electron chi connectivity index (χ1n) is 9.33. The highest BCUT2D eigenvalue weighted by atomic mass is 35.5. The van der Waals surface area contributed by atoms with Crippen LogP contribution in [0.4, 0.5) is 0 Å². The van der Waals surface area contributed by atoms with Crippen molar-refractivity contribution in [2.24, 2.45) is 0 Å². The van der Waals surface area contributed by atoms with Crippen LogP contribution in [0.5, 0.6) is 0 Å². The summed E-state index contributed by atoms with van der Waals surface area (Å²) < 4.78 is 25.0. The van der Waals surface area contributed by atoms with Gasteiger partial charge in [-0.3, -0.25) is 9.59 Å². The average molecular weight is 415 g/mol. The summed E-state index contributed by atoms with van der Waals surface area (Å²) in [5.41, 5.74) is -1.00. The molecule has 0 unspecified atom stereocenters. The van der Waals surface area contributed by atoms with Crippen molar-refractivity contribution in [3.63, 3.8) is 0 Å². The molecule has 1 fully saturated rings. The summed E-state index contributed by atoms with van der Waals surface area (Å²) in [5, 5.41) is 3.20. The molecule has 1 aromatic carbocycles. The number of amides is 2. The molecule has 0 bridgehead atoms. The van der Waals surface area contributed by atoms with Crippen LogP contribution in [0.25, 0.3) is 0 Å². The maximum atomic E-state index is 13.0. The lowest BCUT2D eigenvalue weighted by Crippen LogP contribution is -2.61. The van der Waals surface area contributed by atoms with Crippen molar-refractivity contribution in [2.75, 3.05) is 18.8 Å². The van der Waals surface area contributed by atoms with Crippen LogP contribution in [0.2, 0.25) is 5.02 Å².